The smallest absolute Gasteiger partial charge is 0.260 e. The van der Waals surface area contributed by atoms with Crippen LogP contribution >= 0.6 is 0 Å². The molecule has 2 N–H and O–H groups in total. The second-order valence-electron chi connectivity index (χ2n) is 4.44. The number of aryl methyl sites for hydroxylation is 2. The van der Waals surface area contributed by atoms with Gasteiger partial charge in [0.2, 0.25) is 0 Å². The van der Waals surface area contributed by atoms with E-state index in [1.54, 1.807) is 43.0 Å². The fraction of sp³-hybridized carbons (Fsp3) is 0.267. The van der Waals surface area contributed by atoms with E-state index in [1.165, 1.54) is 0 Å². The predicted octanol–water partition coefficient (Wildman–Crippen LogP) is 1.11. The first kappa shape index (κ1) is 14.8. The number of aromatic nitrogens is 3. The monoisotopic (exact) mass is 284 g/mol. The molecule has 0 saturated heterocycles. The number of carbonyl (C=O) groups is 1. The van der Waals surface area contributed by atoms with Gasteiger partial charge in [0.05, 0.1) is 17.9 Å². The lowest BCUT2D eigenvalue weighted by molar-refractivity contribution is 0.102. The van der Waals surface area contributed by atoms with Crippen molar-refractivity contribution in [3.8, 4) is 11.8 Å². The number of rotatable bonds is 3. The molecule has 1 amide bonds. The molecule has 108 valence electrons. The zero-order valence-electron chi connectivity index (χ0n) is 11.9. The maximum atomic E-state index is 12.1. The van der Waals surface area contributed by atoms with E-state index in [-0.39, 0.29) is 12.5 Å². The molecular formula is C15H16N4O2. The Bertz CT molecular complexity index is 710. The van der Waals surface area contributed by atoms with E-state index < -0.39 is 0 Å². The number of carbonyl (C=O) groups excluding carboxylic acids is 1. The van der Waals surface area contributed by atoms with Gasteiger partial charge in [-0.3, -0.25) is 9.48 Å². The highest BCUT2D eigenvalue weighted by molar-refractivity contribution is 6.04. The minimum absolute atomic E-state index is 0.0176. The quantitative estimate of drug-likeness (QED) is 0.827. The van der Waals surface area contributed by atoms with Crippen molar-refractivity contribution in [2.24, 2.45) is 7.05 Å². The molecule has 2 aromatic rings. The number of hydrogen-bond acceptors (Lipinski definition) is 4. The highest BCUT2D eigenvalue weighted by atomic mass is 16.2. The molecule has 0 aromatic carbocycles. The normalized spacial score (nSPS) is 9.86. The Hall–Kier alpha value is -2.65. The number of aliphatic hydroxyl groups excluding tert-OH is 1. The number of amides is 1. The zero-order valence-corrected chi connectivity index (χ0v) is 11.9. The van der Waals surface area contributed by atoms with Gasteiger partial charge < -0.3 is 10.4 Å². The Morgan fingerprint density at radius 3 is 2.95 bits per heavy atom. The van der Waals surface area contributed by atoms with Crippen LogP contribution in [0.3, 0.4) is 0 Å². The second kappa shape index (κ2) is 6.68. The maximum absolute atomic E-state index is 12.1. The maximum Gasteiger partial charge on any atom is 0.260 e. The first-order chi connectivity index (χ1) is 10.1. The first-order valence-corrected chi connectivity index (χ1v) is 6.48. The molecule has 0 saturated carbocycles. The molecule has 0 unspecified atom stereocenters. The van der Waals surface area contributed by atoms with Crippen LogP contribution in [0, 0.1) is 18.8 Å². The zero-order chi connectivity index (χ0) is 15.2. The van der Waals surface area contributed by atoms with Crippen LogP contribution < -0.4 is 5.32 Å². The van der Waals surface area contributed by atoms with Crippen LogP contribution in [-0.4, -0.2) is 32.4 Å². The van der Waals surface area contributed by atoms with Crippen LogP contribution in [0.25, 0.3) is 0 Å². The highest BCUT2D eigenvalue weighted by Gasteiger charge is 2.13. The number of nitrogens with one attached hydrogen (secondary N) is 1. The van der Waals surface area contributed by atoms with E-state index in [2.05, 4.69) is 27.2 Å². The molecule has 6 heteroatoms. The van der Waals surface area contributed by atoms with Gasteiger partial charge in [-0.05, 0) is 25.0 Å². The van der Waals surface area contributed by atoms with Crippen molar-refractivity contribution >= 4 is 11.7 Å². The number of aliphatic hydroxyl groups is 1. The largest absolute Gasteiger partial charge is 0.395 e. The molecule has 0 fully saturated rings. The van der Waals surface area contributed by atoms with E-state index in [0.717, 1.165) is 0 Å². The Balaban J connectivity index is 2.13. The number of hydrogen-bond donors (Lipinski definition) is 2. The summed E-state index contributed by atoms with van der Waals surface area (Å²) in [6.07, 6.45) is 2.06. The van der Waals surface area contributed by atoms with Gasteiger partial charge >= 0.3 is 0 Å². The Kier molecular flexibility index (Phi) is 4.69. The molecule has 0 spiro atoms. The van der Waals surface area contributed by atoms with Gasteiger partial charge in [-0.1, -0.05) is 12.0 Å². The lowest BCUT2D eigenvalue weighted by Gasteiger charge is -2.03. The second-order valence-corrected chi connectivity index (χ2v) is 4.44. The van der Waals surface area contributed by atoms with E-state index in [0.29, 0.717) is 29.2 Å². The lowest BCUT2D eigenvalue weighted by Crippen LogP contribution is -2.13. The topological polar surface area (TPSA) is 80.0 Å². The van der Waals surface area contributed by atoms with Gasteiger partial charge in [-0.15, -0.1) is 0 Å². The Morgan fingerprint density at radius 2 is 2.29 bits per heavy atom. The van der Waals surface area contributed by atoms with Crippen LogP contribution in [0.2, 0.25) is 0 Å². The summed E-state index contributed by atoms with van der Waals surface area (Å²) >= 11 is 0. The third kappa shape index (κ3) is 3.91. The van der Waals surface area contributed by atoms with E-state index in [4.69, 9.17) is 5.11 Å². The van der Waals surface area contributed by atoms with E-state index >= 15 is 0 Å². The molecule has 0 aliphatic carbocycles. The van der Waals surface area contributed by atoms with Crippen molar-refractivity contribution < 1.29 is 9.90 Å². The highest BCUT2D eigenvalue weighted by Crippen LogP contribution is 2.10. The number of nitrogens with zero attached hydrogens (tertiary/aromatic N) is 3. The summed E-state index contributed by atoms with van der Waals surface area (Å²) < 4.78 is 1.59. The van der Waals surface area contributed by atoms with E-state index in [9.17, 15) is 4.79 Å². The molecular weight excluding hydrogens is 268 g/mol. The molecule has 2 heterocycles. The molecule has 0 radical (unpaired) electrons. The number of pyridine rings is 1. The van der Waals surface area contributed by atoms with E-state index in [1.807, 2.05) is 0 Å². The van der Waals surface area contributed by atoms with Crippen molar-refractivity contribution in [1.82, 2.24) is 14.8 Å². The molecule has 0 aliphatic rings. The van der Waals surface area contributed by atoms with Gasteiger partial charge in [-0.25, -0.2) is 4.98 Å². The van der Waals surface area contributed by atoms with Crippen molar-refractivity contribution in [1.29, 1.82) is 0 Å². The summed E-state index contributed by atoms with van der Waals surface area (Å²) in [6, 6.07) is 5.21. The molecule has 2 rings (SSSR count). The summed E-state index contributed by atoms with van der Waals surface area (Å²) in [6.45, 7) is 1.79. The molecule has 0 aliphatic heterocycles. The molecule has 6 nitrogen and oxygen atoms in total. The van der Waals surface area contributed by atoms with Gasteiger partial charge in [0.15, 0.2) is 0 Å². The molecule has 21 heavy (non-hydrogen) atoms. The summed E-state index contributed by atoms with van der Waals surface area (Å²) in [5.74, 6) is 5.79. The summed E-state index contributed by atoms with van der Waals surface area (Å²) in [5, 5.41) is 15.5. The average molecular weight is 284 g/mol. The van der Waals surface area contributed by atoms with Crippen LogP contribution in [0.15, 0.2) is 24.4 Å². The van der Waals surface area contributed by atoms with Gasteiger partial charge in [0.1, 0.15) is 11.5 Å². The summed E-state index contributed by atoms with van der Waals surface area (Å²) in [7, 11) is 1.76. The fourth-order valence-electron chi connectivity index (χ4n) is 1.79. The van der Waals surface area contributed by atoms with Crippen LogP contribution in [0.4, 0.5) is 5.82 Å². The molecule has 0 atom stereocenters. The average Bonchev–Trinajstić information content (AvgIpc) is 2.78. The van der Waals surface area contributed by atoms with Crippen molar-refractivity contribution in [3.63, 3.8) is 0 Å². The lowest BCUT2D eigenvalue weighted by atomic mass is 10.2. The third-order valence-corrected chi connectivity index (χ3v) is 2.70. The van der Waals surface area contributed by atoms with Crippen LogP contribution in [0.1, 0.15) is 28.2 Å². The predicted molar refractivity (Wildman–Crippen MR) is 78.7 cm³/mol. The fourth-order valence-corrected chi connectivity index (χ4v) is 1.79. The first-order valence-electron chi connectivity index (χ1n) is 6.48. The van der Waals surface area contributed by atoms with Crippen molar-refractivity contribution in [2.75, 3.05) is 11.9 Å². The Labute approximate surface area is 122 Å². The van der Waals surface area contributed by atoms with Gasteiger partial charge in [0, 0.05) is 19.7 Å². The summed E-state index contributed by atoms with van der Waals surface area (Å²) in [5.41, 5.74) is 1.72. The summed E-state index contributed by atoms with van der Waals surface area (Å²) in [4.78, 5) is 16.4. The molecule has 0 bridgehead atoms. The number of anilines is 1. The van der Waals surface area contributed by atoms with Crippen LogP contribution in [-0.2, 0) is 7.05 Å². The van der Waals surface area contributed by atoms with Crippen LogP contribution in [0.5, 0.6) is 0 Å². The van der Waals surface area contributed by atoms with Crippen molar-refractivity contribution in [2.45, 2.75) is 13.3 Å². The SMILES string of the molecule is Cc1nn(C)cc1C(=O)Nc1cccc(C#CCCO)n1. The standard InChI is InChI=1S/C15H16N4O2/c1-11-13(10-19(2)18-11)15(21)17-14-8-5-7-12(16-14)6-3-4-9-20/h5,7-8,10,20H,4,9H2,1-2H3,(H,16,17,21). The minimum Gasteiger partial charge on any atom is -0.395 e. The van der Waals surface area contributed by atoms with Gasteiger partial charge in [0.25, 0.3) is 5.91 Å². The Morgan fingerprint density at radius 1 is 1.48 bits per heavy atom. The third-order valence-electron chi connectivity index (χ3n) is 2.70. The minimum atomic E-state index is -0.256. The van der Waals surface area contributed by atoms with Crippen molar-refractivity contribution in [3.05, 3.63) is 41.3 Å². The van der Waals surface area contributed by atoms with Gasteiger partial charge in [-0.2, -0.15) is 5.10 Å². The molecule has 2 aromatic heterocycles.